The number of rotatable bonds is 5. The molecule has 4 aliphatic rings. The van der Waals surface area contributed by atoms with Crippen molar-refractivity contribution in [1.29, 1.82) is 0 Å². The lowest BCUT2D eigenvalue weighted by Gasteiger charge is -2.61. The van der Waals surface area contributed by atoms with Crippen LogP contribution in [0.5, 0.6) is 0 Å². The molecule has 10 atom stereocenters. The summed E-state index contributed by atoms with van der Waals surface area (Å²) in [7, 11) is 0. The van der Waals surface area contributed by atoms with E-state index in [0.717, 1.165) is 42.4 Å². The smallest absolute Gasteiger partial charge is 0.302 e. The molecule has 0 radical (unpaired) electrons. The second kappa shape index (κ2) is 8.86. The molecule has 0 heterocycles. The molecule has 0 aliphatic heterocycles. The zero-order valence-electron chi connectivity index (χ0n) is 21.2. The van der Waals surface area contributed by atoms with Gasteiger partial charge >= 0.3 is 5.97 Å². The van der Waals surface area contributed by atoms with E-state index in [1.807, 2.05) is 0 Å². The Bertz CT molecular complexity index is 682. The van der Waals surface area contributed by atoms with Crippen molar-refractivity contribution in [3.05, 3.63) is 12.2 Å². The van der Waals surface area contributed by atoms with Crippen molar-refractivity contribution in [2.24, 2.45) is 52.3 Å². The molecule has 0 saturated heterocycles. The third-order valence-electron chi connectivity index (χ3n) is 11.0. The van der Waals surface area contributed by atoms with Gasteiger partial charge in [0.05, 0.1) is 0 Å². The lowest BCUT2D eigenvalue weighted by atomic mass is 9.44. The molecule has 0 bridgehead atoms. The first-order chi connectivity index (χ1) is 14.7. The predicted octanol–water partition coefficient (Wildman–Crippen LogP) is 7.82. The molecule has 4 rings (SSSR count). The molecular formula is C29H48O2. The van der Waals surface area contributed by atoms with Crippen LogP contribution < -0.4 is 0 Å². The molecular weight excluding hydrogens is 380 g/mol. The molecule has 31 heavy (non-hydrogen) atoms. The van der Waals surface area contributed by atoms with Gasteiger partial charge in [0.2, 0.25) is 0 Å². The standard InChI is InChI=1S/C29H48O2/c1-7-19(2)8-9-20(3)25-12-13-26-24-11-10-22-18-23(31-21(4)30)14-16-28(22,5)27(24)15-17-29(25,26)6/h8-9,19-20,22-27H,7,10-18H2,1-6H3/t19-,20-,22-,23-,24+,25+,26+,27-,28-,29-/m0/s1. The van der Waals surface area contributed by atoms with Gasteiger partial charge in [-0.3, -0.25) is 4.79 Å². The monoisotopic (exact) mass is 428 g/mol. The summed E-state index contributed by atoms with van der Waals surface area (Å²) >= 11 is 0. The number of hydrogen-bond acceptors (Lipinski definition) is 2. The molecule has 0 aromatic carbocycles. The van der Waals surface area contributed by atoms with Crippen molar-refractivity contribution < 1.29 is 9.53 Å². The Balaban J connectivity index is 1.47. The van der Waals surface area contributed by atoms with Gasteiger partial charge < -0.3 is 4.74 Å². The van der Waals surface area contributed by atoms with E-state index in [2.05, 4.69) is 46.8 Å². The third-order valence-corrected chi connectivity index (χ3v) is 11.0. The van der Waals surface area contributed by atoms with Crippen molar-refractivity contribution in [3.63, 3.8) is 0 Å². The number of carbonyl (C=O) groups excluding carboxylic acids is 1. The van der Waals surface area contributed by atoms with Crippen LogP contribution in [-0.2, 0) is 9.53 Å². The highest BCUT2D eigenvalue weighted by molar-refractivity contribution is 5.66. The molecule has 0 N–H and O–H groups in total. The Morgan fingerprint density at radius 3 is 2.39 bits per heavy atom. The fourth-order valence-electron chi connectivity index (χ4n) is 9.10. The van der Waals surface area contributed by atoms with E-state index in [4.69, 9.17) is 4.74 Å². The highest BCUT2D eigenvalue weighted by atomic mass is 16.5. The molecule has 4 fully saturated rings. The van der Waals surface area contributed by atoms with Gasteiger partial charge in [0, 0.05) is 6.92 Å². The molecule has 0 spiro atoms. The Morgan fingerprint density at radius 2 is 1.68 bits per heavy atom. The summed E-state index contributed by atoms with van der Waals surface area (Å²) in [6, 6.07) is 0. The number of ether oxygens (including phenoxy) is 1. The van der Waals surface area contributed by atoms with Gasteiger partial charge in [0.15, 0.2) is 0 Å². The molecule has 2 heteroatoms. The summed E-state index contributed by atoms with van der Waals surface area (Å²) in [4.78, 5) is 11.5. The average Bonchev–Trinajstić information content (AvgIpc) is 3.09. The zero-order chi connectivity index (χ0) is 22.4. The lowest BCUT2D eigenvalue weighted by Crippen LogP contribution is -2.54. The Labute approximate surface area is 192 Å². The molecule has 4 aliphatic carbocycles. The van der Waals surface area contributed by atoms with Crippen molar-refractivity contribution in [3.8, 4) is 0 Å². The van der Waals surface area contributed by atoms with Gasteiger partial charge in [-0.15, -0.1) is 0 Å². The van der Waals surface area contributed by atoms with Crippen LogP contribution in [0.3, 0.4) is 0 Å². The quantitative estimate of drug-likeness (QED) is 0.329. The minimum Gasteiger partial charge on any atom is -0.463 e. The second-order valence-electron chi connectivity index (χ2n) is 12.5. The van der Waals surface area contributed by atoms with Crippen molar-refractivity contribution in [1.82, 2.24) is 0 Å². The molecule has 4 saturated carbocycles. The van der Waals surface area contributed by atoms with Crippen LogP contribution in [0.25, 0.3) is 0 Å². The van der Waals surface area contributed by atoms with Gasteiger partial charge in [-0.2, -0.15) is 0 Å². The largest absolute Gasteiger partial charge is 0.463 e. The third kappa shape index (κ3) is 4.15. The summed E-state index contributed by atoms with van der Waals surface area (Å²) in [5.74, 6) is 5.71. The molecule has 0 aromatic heterocycles. The first-order valence-electron chi connectivity index (χ1n) is 13.5. The summed E-state index contributed by atoms with van der Waals surface area (Å²) in [5.41, 5.74) is 1.01. The Kier molecular flexibility index (Phi) is 6.68. The van der Waals surface area contributed by atoms with E-state index in [-0.39, 0.29) is 12.1 Å². The average molecular weight is 429 g/mol. The predicted molar refractivity (Wildman–Crippen MR) is 129 cm³/mol. The maximum absolute atomic E-state index is 11.5. The van der Waals surface area contributed by atoms with Gasteiger partial charge in [-0.1, -0.05) is 53.2 Å². The highest BCUT2D eigenvalue weighted by Gasteiger charge is 2.60. The van der Waals surface area contributed by atoms with Crippen molar-refractivity contribution in [2.45, 2.75) is 112 Å². The van der Waals surface area contributed by atoms with E-state index < -0.39 is 0 Å². The summed E-state index contributed by atoms with van der Waals surface area (Å²) < 4.78 is 5.65. The van der Waals surface area contributed by atoms with Gasteiger partial charge in [-0.05, 0) is 110 Å². The number of allylic oxidation sites excluding steroid dienone is 2. The van der Waals surface area contributed by atoms with Crippen LogP contribution in [-0.4, -0.2) is 12.1 Å². The van der Waals surface area contributed by atoms with Crippen LogP contribution >= 0.6 is 0 Å². The number of hydrogen-bond donors (Lipinski definition) is 0. The zero-order valence-corrected chi connectivity index (χ0v) is 21.2. The minimum absolute atomic E-state index is 0.0933. The summed E-state index contributed by atoms with van der Waals surface area (Å²) in [6.07, 6.45) is 18.5. The van der Waals surface area contributed by atoms with Crippen LogP contribution in [0.2, 0.25) is 0 Å². The fraction of sp³-hybridized carbons (Fsp3) is 0.897. The second-order valence-corrected chi connectivity index (χ2v) is 12.5. The maximum atomic E-state index is 11.5. The van der Waals surface area contributed by atoms with E-state index >= 15 is 0 Å². The van der Waals surface area contributed by atoms with Gasteiger partial charge in [0.1, 0.15) is 6.10 Å². The van der Waals surface area contributed by atoms with Crippen LogP contribution in [0.1, 0.15) is 106 Å². The van der Waals surface area contributed by atoms with E-state index in [1.54, 1.807) is 6.92 Å². The molecule has 2 nitrogen and oxygen atoms in total. The fourth-order valence-corrected chi connectivity index (χ4v) is 9.10. The maximum Gasteiger partial charge on any atom is 0.302 e. The number of carbonyl (C=O) groups is 1. The molecule has 0 amide bonds. The van der Waals surface area contributed by atoms with E-state index in [1.165, 1.54) is 51.4 Å². The topological polar surface area (TPSA) is 26.3 Å². The highest BCUT2D eigenvalue weighted by Crippen LogP contribution is 2.68. The first-order valence-corrected chi connectivity index (χ1v) is 13.5. The molecule has 176 valence electrons. The molecule has 0 unspecified atom stereocenters. The van der Waals surface area contributed by atoms with Crippen LogP contribution in [0.15, 0.2) is 12.2 Å². The lowest BCUT2D eigenvalue weighted by molar-refractivity contribution is -0.160. The number of fused-ring (bicyclic) bond motifs is 5. The van der Waals surface area contributed by atoms with E-state index in [9.17, 15) is 4.79 Å². The van der Waals surface area contributed by atoms with Crippen LogP contribution in [0, 0.1) is 52.3 Å². The summed E-state index contributed by atoms with van der Waals surface area (Å²) in [6.45, 7) is 14.0. The first kappa shape index (κ1) is 23.4. The minimum atomic E-state index is -0.0933. The SMILES string of the molecule is CC[C@H](C)C=C[C@H](C)[C@H]1CC[C@@H]2[C@H]3CC[C@H]4C[C@@H](OC(C)=O)CC[C@]4(C)[C@H]3CC[C@]21C. The van der Waals surface area contributed by atoms with Crippen LogP contribution in [0.4, 0.5) is 0 Å². The molecule has 0 aromatic rings. The Hall–Kier alpha value is -0.790. The van der Waals surface area contributed by atoms with E-state index in [0.29, 0.717) is 22.7 Å². The van der Waals surface area contributed by atoms with Gasteiger partial charge in [0.25, 0.3) is 0 Å². The Morgan fingerprint density at radius 1 is 0.968 bits per heavy atom. The normalized spacial score (nSPS) is 46.6. The number of esters is 1. The summed E-state index contributed by atoms with van der Waals surface area (Å²) in [5, 5.41) is 0. The van der Waals surface area contributed by atoms with Crippen molar-refractivity contribution in [2.75, 3.05) is 0 Å². The van der Waals surface area contributed by atoms with Crippen molar-refractivity contribution >= 4 is 5.97 Å². The van der Waals surface area contributed by atoms with Gasteiger partial charge in [-0.25, -0.2) is 0 Å².